The zero-order chi connectivity index (χ0) is 12.0. The van der Waals surface area contributed by atoms with Crippen LogP contribution in [0.4, 0.5) is 0 Å². The van der Waals surface area contributed by atoms with E-state index < -0.39 is 0 Å². The van der Waals surface area contributed by atoms with Crippen LogP contribution in [0.3, 0.4) is 0 Å². The first kappa shape index (κ1) is 13.2. The topological polar surface area (TPSA) is 51.2 Å². The van der Waals surface area contributed by atoms with Crippen molar-refractivity contribution >= 4 is 29.1 Å². The number of halogens is 2. The molecule has 1 atom stereocenters. The summed E-state index contributed by atoms with van der Waals surface area (Å²) in [4.78, 5) is 15.6. The number of hydrogen-bond acceptors (Lipinski definition) is 3. The fourth-order valence-corrected chi connectivity index (χ4v) is 1.52. The molecule has 0 aromatic carbocycles. The van der Waals surface area contributed by atoms with Gasteiger partial charge in [-0.1, -0.05) is 11.6 Å². The Morgan fingerprint density at radius 3 is 3.00 bits per heavy atom. The van der Waals surface area contributed by atoms with Gasteiger partial charge < -0.3 is 10.1 Å². The molecule has 0 aliphatic heterocycles. The lowest BCUT2D eigenvalue weighted by Crippen LogP contribution is -2.39. The molecule has 88 valence electrons. The third kappa shape index (κ3) is 3.63. The lowest BCUT2D eigenvalue weighted by atomic mass is 10.2. The summed E-state index contributed by atoms with van der Waals surface area (Å²) in [6.07, 6.45) is 2.93. The number of carbonyl (C=O) groups is 1. The molecule has 1 amide bonds. The number of pyridine rings is 1. The maximum absolute atomic E-state index is 11.8. The monoisotopic (exact) mass is 262 g/mol. The summed E-state index contributed by atoms with van der Waals surface area (Å²) in [5.41, 5.74) is 0.378. The molecule has 1 unspecified atom stereocenters. The van der Waals surface area contributed by atoms with Crippen LogP contribution in [0.15, 0.2) is 18.5 Å². The molecular weight excluding hydrogens is 251 g/mol. The minimum absolute atomic E-state index is 0.233. The third-order valence-electron chi connectivity index (χ3n) is 1.91. The van der Waals surface area contributed by atoms with Crippen molar-refractivity contribution in [2.75, 3.05) is 19.6 Å². The molecule has 1 aromatic heterocycles. The Morgan fingerprint density at radius 2 is 2.44 bits per heavy atom. The molecule has 1 aromatic rings. The van der Waals surface area contributed by atoms with E-state index in [1.54, 1.807) is 13.2 Å². The van der Waals surface area contributed by atoms with Crippen molar-refractivity contribution in [1.29, 1.82) is 0 Å². The molecule has 0 aliphatic carbocycles. The van der Waals surface area contributed by atoms with E-state index in [9.17, 15) is 4.79 Å². The first-order valence-corrected chi connectivity index (χ1v) is 5.55. The number of rotatable bonds is 5. The normalized spacial score (nSPS) is 12.2. The zero-order valence-corrected chi connectivity index (χ0v) is 10.3. The Hall–Kier alpha value is -0.840. The molecule has 0 spiro atoms. The van der Waals surface area contributed by atoms with Crippen LogP contribution < -0.4 is 5.32 Å². The van der Waals surface area contributed by atoms with Gasteiger partial charge in [0.05, 0.1) is 23.2 Å². The maximum atomic E-state index is 11.8. The predicted molar refractivity (Wildman–Crippen MR) is 63.1 cm³/mol. The van der Waals surface area contributed by atoms with Crippen molar-refractivity contribution < 1.29 is 9.53 Å². The summed E-state index contributed by atoms with van der Waals surface area (Å²) < 4.78 is 4.92. The third-order valence-corrected chi connectivity index (χ3v) is 2.58. The molecule has 0 saturated heterocycles. The summed E-state index contributed by atoms with van der Waals surface area (Å²) >= 11 is 11.5. The van der Waals surface area contributed by atoms with E-state index in [0.29, 0.717) is 17.2 Å². The molecular formula is C10H12Cl2N2O2. The number of amides is 1. The second-order valence-corrected chi connectivity index (χ2v) is 3.85. The van der Waals surface area contributed by atoms with Crippen LogP contribution in [0.25, 0.3) is 0 Å². The van der Waals surface area contributed by atoms with Gasteiger partial charge in [0.1, 0.15) is 0 Å². The molecule has 16 heavy (non-hydrogen) atoms. The summed E-state index contributed by atoms with van der Waals surface area (Å²) in [5.74, 6) is -0.00227. The Labute approximate surface area is 104 Å². The van der Waals surface area contributed by atoms with E-state index in [4.69, 9.17) is 27.9 Å². The average molecular weight is 263 g/mol. The number of nitrogens with one attached hydrogen (secondary N) is 1. The fourth-order valence-electron chi connectivity index (χ4n) is 1.15. The molecule has 0 fully saturated rings. The van der Waals surface area contributed by atoms with Crippen LogP contribution in [0.5, 0.6) is 0 Å². The fraction of sp³-hybridized carbons (Fsp3) is 0.400. The Morgan fingerprint density at radius 1 is 1.69 bits per heavy atom. The summed E-state index contributed by atoms with van der Waals surface area (Å²) in [5, 5.41) is 3.03. The standard InChI is InChI=1S/C10H12Cl2N2O2/c1-16-6-7(4-11)14-10(15)8-2-3-13-5-9(8)12/h2-3,5,7H,4,6H2,1H3,(H,14,15). The van der Waals surface area contributed by atoms with Crippen LogP contribution in [0, 0.1) is 0 Å². The second kappa shape index (κ2) is 6.68. The largest absolute Gasteiger partial charge is 0.383 e. The van der Waals surface area contributed by atoms with Gasteiger partial charge in [-0.2, -0.15) is 0 Å². The quantitative estimate of drug-likeness (QED) is 0.823. The van der Waals surface area contributed by atoms with Crippen LogP contribution >= 0.6 is 23.2 Å². The zero-order valence-electron chi connectivity index (χ0n) is 8.74. The van der Waals surface area contributed by atoms with Gasteiger partial charge in [-0.25, -0.2) is 0 Å². The number of carbonyl (C=O) groups excluding carboxylic acids is 1. The minimum Gasteiger partial charge on any atom is -0.383 e. The molecule has 1 rings (SSSR count). The van der Waals surface area contributed by atoms with E-state index in [-0.39, 0.29) is 17.8 Å². The first-order chi connectivity index (χ1) is 7.69. The number of nitrogens with zero attached hydrogens (tertiary/aromatic N) is 1. The van der Waals surface area contributed by atoms with E-state index in [1.165, 1.54) is 12.4 Å². The van der Waals surface area contributed by atoms with Crippen molar-refractivity contribution in [2.24, 2.45) is 0 Å². The van der Waals surface area contributed by atoms with Crippen LogP contribution in [-0.2, 0) is 4.74 Å². The van der Waals surface area contributed by atoms with Gasteiger partial charge in [-0.15, -0.1) is 11.6 Å². The predicted octanol–water partition coefficient (Wildman–Crippen LogP) is 1.72. The molecule has 0 aliphatic rings. The van der Waals surface area contributed by atoms with Gasteiger partial charge in [0.15, 0.2) is 0 Å². The van der Waals surface area contributed by atoms with Crippen LogP contribution in [0.1, 0.15) is 10.4 Å². The van der Waals surface area contributed by atoms with E-state index in [1.807, 2.05) is 0 Å². The molecule has 0 saturated carbocycles. The van der Waals surface area contributed by atoms with Gasteiger partial charge in [0.2, 0.25) is 0 Å². The average Bonchev–Trinajstić information content (AvgIpc) is 2.28. The molecule has 6 heteroatoms. The summed E-state index contributed by atoms with van der Waals surface area (Å²) in [6, 6.07) is 1.32. The Bertz CT molecular complexity index is 360. The van der Waals surface area contributed by atoms with Gasteiger partial charge in [0.25, 0.3) is 5.91 Å². The lowest BCUT2D eigenvalue weighted by Gasteiger charge is -2.15. The first-order valence-electron chi connectivity index (χ1n) is 4.64. The summed E-state index contributed by atoms with van der Waals surface area (Å²) in [6.45, 7) is 0.359. The lowest BCUT2D eigenvalue weighted by molar-refractivity contribution is 0.0907. The highest BCUT2D eigenvalue weighted by molar-refractivity contribution is 6.33. The molecule has 0 radical (unpaired) electrons. The SMILES string of the molecule is COCC(CCl)NC(=O)c1ccncc1Cl. The second-order valence-electron chi connectivity index (χ2n) is 3.14. The highest BCUT2D eigenvalue weighted by Crippen LogP contribution is 2.13. The highest BCUT2D eigenvalue weighted by atomic mass is 35.5. The molecule has 4 nitrogen and oxygen atoms in total. The van der Waals surface area contributed by atoms with Crippen molar-refractivity contribution in [2.45, 2.75) is 6.04 Å². The molecule has 1 heterocycles. The van der Waals surface area contributed by atoms with E-state index in [0.717, 1.165) is 0 Å². The van der Waals surface area contributed by atoms with Crippen LogP contribution in [-0.4, -0.2) is 36.5 Å². The number of ether oxygens (including phenoxy) is 1. The number of hydrogen-bond donors (Lipinski definition) is 1. The van der Waals surface area contributed by atoms with Gasteiger partial charge in [-0.3, -0.25) is 9.78 Å². The smallest absolute Gasteiger partial charge is 0.253 e. The Kier molecular flexibility index (Phi) is 5.52. The van der Waals surface area contributed by atoms with Crippen molar-refractivity contribution in [3.05, 3.63) is 29.0 Å². The summed E-state index contributed by atoms with van der Waals surface area (Å²) in [7, 11) is 1.55. The van der Waals surface area contributed by atoms with Gasteiger partial charge >= 0.3 is 0 Å². The van der Waals surface area contributed by atoms with Crippen LogP contribution in [0.2, 0.25) is 5.02 Å². The molecule has 1 N–H and O–H groups in total. The minimum atomic E-state index is -0.282. The maximum Gasteiger partial charge on any atom is 0.253 e. The van der Waals surface area contributed by atoms with Gasteiger partial charge in [0, 0.05) is 25.4 Å². The number of aromatic nitrogens is 1. The van der Waals surface area contributed by atoms with Crippen molar-refractivity contribution in [3.63, 3.8) is 0 Å². The molecule has 0 bridgehead atoms. The van der Waals surface area contributed by atoms with Gasteiger partial charge in [-0.05, 0) is 6.07 Å². The number of alkyl halides is 1. The highest BCUT2D eigenvalue weighted by Gasteiger charge is 2.14. The van der Waals surface area contributed by atoms with E-state index >= 15 is 0 Å². The number of methoxy groups -OCH3 is 1. The van der Waals surface area contributed by atoms with Crippen molar-refractivity contribution in [3.8, 4) is 0 Å². The van der Waals surface area contributed by atoms with Crippen molar-refractivity contribution in [1.82, 2.24) is 10.3 Å². The van der Waals surface area contributed by atoms with E-state index in [2.05, 4.69) is 10.3 Å². The Balaban J connectivity index is 2.68.